The van der Waals surface area contributed by atoms with Gasteiger partial charge >= 0.3 is 0 Å². The maximum absolute atomic E-state index is 11.9. The summed E-state index contributed by atoms with van der Waals surface area (Å²) in [6.07, 6.45) is 3.47. The second-order valence-electron chi connectivity index (χ2n) is 4.47. The summed E-state index contributed by atoms with van der Waals surface area (Å²) in [5, 5.41) is 0.843. The number of benzene rings is 1. The number of rotatable bonds is 2. The smallest absolute Gasteiger partial charge is 0.271 e. The first-order chi connectivity index (χ1) is 8.75. The first-order valence-corrected chi connectivity index (χ1v) is 5.92. The zero-order valence-electron chi connectivity index (χ0n) is 9.69. The van der Waals surface area contributed by atoms with E-state index in [1.54, 1.807) is 6.20 Å². The Hall–Kier alpha value is -2.30. The molecule has 3 N–H and O–H groups in total. The van der Waals surface area contributed by atoms with Crippen LogP contribution in [0.4, 0.5) is 0 Å². The Kier molecular flexibility index (Phi) is 2.51. The van der Waals surface area contributed by atoms with Gasteiger partial charge in [-0.2, -0.15) is 0 Å². The number of aromatic amines is 1. The van der Waals surface area contributed by atoms with Crippen LogP contribution in [0, 0.1) is 5.92 Å². The third-order valence-corrected chi connectivity index (χ3v) is 3.08. The Morgan fingerprint density at radius 2 is 1.94 bits per heavy atom. The highest BCUT2D eigenvalue weighted by Gasteiger charge is 2.29. The molecular formula is C13H13N3O2. The zero-order chi connectivity index (χ0) is 12.5. The van der Waals surface area contributed by atoms with Crippen molar-refractivity contribution in [2.24, 2.45) is 5.92 Å². The number of para-hydroxylation sites is 1. The van der Waals surface area contributed by atoms with Crippen LogP contribution in [0.1, 0.15) is 23.2 Å². The molecule has 3 rings (SSSR count). The predicted octanol–water partition coefficient (Wildman–Crippen LogP) is 1.34. The summed E-state index contributed by atoms with van der Waals surface area (Å²) in [5.41, 5.74) is 6.31. The number of hydrogen-bond donors (Lipinski definition) is 3. The number of fused-ring (bicyclic) bond motifs is 1. The van der Waals surface area contributed by atoms with E-state index in [0.29, 0.717) is 5.56 Å². The minimum absolute atomic E-state index is 0.0771. The number of carbonyl (C=O) groups excluding carboxylic acids is 2. The summed E-state index contributed by atoms with van der Waals surface area (Å²) in [6.45, 7) is 0. The largest absolute Gasteiger partial charge is 0.360 e. The Labute approximate surface area is 104 Å². The number of amides is 2. The molecule has 0 unspecified atom stereocenters. The SMILES string of the molecule is O=C(NNC(=O)C1CC1)c1c[nH]c2ccccc12. The van der Waals surface area contributed by atoms with Gasteiger partial charge in [-0.25, -0.2) is 0 Å². The van der Waals surface area contributed by atoms with Crippen LogP contribution in [0.2, 0.25) is 0 Å². The van der Waals surface area contributed by atoms with Crippen molar-refractivity contribution in [2.75, 3.05) is 0 Å². The van der Waals surface area contributed by atoms with Gasteiger partial charge in [0.15, 0.2) is 0 Å². The lowest BCUT2D eigenvalue weighted by atomic mass is 10.2. The Morgan fingerprint density at radius 3 is 2.72 bits per heavy atom. The van der Waals surface area contributed by atoms with Gasteiger partial charge in [0, 0.05) is 23.0 Å². The summed E-state index contributed by atoms with van der Waals surface area (Å²) in [7, 11) is 0. The predicted molar refractivity (Wildman–Crippen MR) is 66.6 cm³/mol. The zero-order valence-corrected chi connectivity index (χ0v) is 9.69. The van der Waals surface area contributed by atoms with Crippen LogP contribution < -0.4 is 10.9 Å². The molecule has 1 aromatic carbocycles. The standard InChI is InChI=1S/C13H13N3O2/c17-12(8-5-6-8)15-16-13(18)10-7-14-11-4-2-1-3-9(10)11/h1-4,7-8,14H,5-6H2,(H,15,17)(H,16,18). The molecule has 0 radical (unpaired) electrons. The van der Waals surface area contributed by atoms with E-state index in [1.165, 1.54) is 0 Å². The van der Waals surface area contributed by atoms with E-state index in [4.69, 9.17) is 0 Å². The minimum Gasteiger partial charge on any atom is -0.360 e. The number of hydrogen-bond acceptors (Lipinski definition) is 2. The Bertz CT molecular complexity index is 613. The number of aromatic nitrogens is 1. The van der Waals surface area contributed by atoms with E-state index in [9.17, 15) is 9.59 Å². The molecule has 1 fully saturated rings. The summed E-state index contributed by atoms with van der Waals surface area (Å²) in [5.74, 6) is -0.335. The highest BCUT2D eigenvalue weighted by Crippen LogP contribution is 2.28. The van der Waals surface area contributed by atoms with E-state index in [2.05, 4.69) is 15.8 Å². The fourth-order valence-corrected chi connectivity index (χ4v) is 1.89. The van der Waals surface area contributed by atoms with Crippen molar-refractivity contribution >= 4 is 22.7 Å². The normalized spacial score (nSPS) is 14.4. The molecule has 1 aromatic heterocycles. The van der Waals surface area contributed by atoms with Crippen LogP contribution in [0.5, 0.6) is 0 Å². The second kappa shape index (κ2) is 4.18. The third-order valence-electron chi connectivity index (χ3n) is 3.08. The topological polar surface area (TPSA) is 74.0 Å². The van der Waals surface area contributed by atoms with Crippen LogP contribution in [-0.2, 0) is 4.79 Å². The van der Waals surface area contributed by atoms with E-state index in [0.717, 1.165) is 23.7 Å². The van der Waals surface area contributed by atoms with Crippen molar-refractivity contribution in [1.29, 1.82) is 0 Å². The molecule has 0 aliphatic heterocycles. The van der Waals surface area contributed by atoms with Crippen molar-refractivity contribution in [3.8, 4) is 0 Å². The second-order valence-corrected chi connectivity index (χ2v) is 4.47. The first kappa shape index (κ1) is 10.8. The molecule has 1 heterocycles. The first-order valence-electron chi connectivity index (χ1n) is 5.92. The lowest BCUT2D eigenvalue weighted by Crippen LogP contribution is -2.42. The van der Waals surface area contributed by atoms with Crippen LogP contribution in [0.25, 0.3) is 10.9 Å². The highest BCUT2D eigenvalue weighted by molar-refractivity contribution is 6.07. The maximum Gasteiger partial charge on any atom is 0.271 e. The Morgan fingerprint density at radius 1 is 1.17 bits per heavy atom. The van der Waals surface area contributed by atoms with Crippen molar-refractivity contribution < 1.29 is 9.59 Å². The van der Waals surface area contributed by atoms with E-state index in [1.807, 2.05) is 24.3 Å². The van der Waals surface area contributed by atoms with Gasteiger partial charge in [-0.1, -0.05) is 18.2 Å². The number of nitrogens with one attached hydrogen (secondary N) is 3. The molecule has 0 spiro atoms. The molecule has 5 heteroatoms. The van der Waals surface area contributed by atoms with Crippen molar-refractivity contribution in [2.45, 2.75) is 12.8 Å². The van der Waals surface area contributed by atoms with Crippen LogP contribution in [0.3, 0.4) is 0 Å². The molecule has 0 atom stereocenters. The number of H-pyrrole nitrogens is 1. The van der Waals surface area contributed by atoms with Crippen molar-refractivity contribution in [3.63, 3.8) is 0 Å². The van der Waals surface area contributed by atoms with Gasteiger partial charge < -0.3 is 4.98 Å². The molecular weight excluding hydrogens is 230 g/mol. The van der Waals surface area contributed by atoms with Gasteiger partial charge in [0.05, 0.1) is 5.56 Å². The van der Waals surface area contributed by atoms with E-state index >= 15 is 0 Å². The highest BCUT2D eigenvalue weighted by atomic mass is 16.2. The minimum atomic E-state index is -0.304. The summed E-state index contributed by atoms with van der Waals surface area (Å²) in [4.78, 5) is 26.3. The molecule has 2 aromatic rings. The quantitative estimate of drug-likeness (QED) is 0.696. The maximum atomic E-state index is 11.9. The third kappa shape index (κ3) is 1.95. The average molecular weight is 243 g/mol. The molecule has 0 bridgehead atoms. The molecule has 5 nitrogen and oxygen atoms in total. The van der Waals surface area contributed by atoms with Gasteiger partial charge in [0.25, 0.3) is 5.91 Å². The molecule has 2 amide bonds. The van der Waals surface area contributed by atoms with Gasteiger partial charge in [0.1, 0.15) is 0 Å². The lowest BCUT2D eigenvalue weighted by molar-refractivity contribution is -0.123. The number of carbonyl (C=O) groups is 2. The summed E-state index contributed by atoms with van der Waals surface area (Å²) < 4.78 is 0. The van der Waals surface area contributed by atoms with E-state index < -0.39 is 0 Å². The summed E-state index contributed by atoms with van der Waals surface area (Å²) in [6, 6.07) is 7.53. The van der Waals surface area contributed by atoms with Crippen molar-refractivity contribution in [1.82, 2.24) is 15.8 Å². The number of hydrazine groups is 1. The van der Waals surface area contributed by atoms with Gasteiger partial charge in [-0.3, -0.25) is 20.4 Å². The fraction of sp³-hybridized carbons (Fsp3) is 0.231. The van der Waals surface area contributed by atoms with Crippen LogP contribution in [-0.4, -0.2) is 16.8 Å². The van der Waals surface area contributed by atoms with Gasteiger partial charge in [-0.05, 0) is 18.9 Å². The lowest BCUT2D eigenvalue weighted by Gasteiger charge is -2.05. The summed E-state index contributed by atoms with van der Waals surface area (Å²) >= 11 is 0. The fourth-order valence-electron chi connectivity index (χ4n) is 1.89. The molecule has 1 saturated carbocycles. The monoisotopic (exact) mass is 243 g/mol. The molecule has 1 aliphatic carbocycles. The van der Waals surface area contributed by atoms with Gasteiger partial charge in [-0.15, -0.1) is 0 Å². The molecule has 92 valence electrons. The van der Waals surface area contributed by atoms with E-state index in [-0.39, 0.29) is 17.7 Å². The Balaban J connectivity index is 1.73. The van der Waals surface area contributed by atoms with Crippen LogP contribution >= 0.6 is 0 Å². The average Bonchev–Trinajstić information content (AvgIpc) is 3.15. The molecule has 18 heavy (non-hydrogen) atoms. The van der Waals surface area contributed by atoms with Crippen LogP contribution in [0.15, 0.2) is 30.5 Å². The molecule has 0 saturated heterocycles. The van der Waals surface area contributed by atoms with Gasteiger partial charge in [0.2, 0.25) is 5.91 Å². The van der Waals surface area contributed by atoms with Crippen molar-refractivity contribution in [3.05, 3.63) is 36.0 Å². The molecule has 1 aliphatic rings.